The van der Waals surface area contributed by atoms with E-state index in [1.807, 2.05) is 0 Å². The molecule has 0 atom stereocenters. The minimum absolute atomic E-state index is 0.437. The lowest BCUT2D eigenvalue weighted by Gasteiger charge is -2.02. The van der Waals surface area contributed by atoms with Gasteiger partial charge in [0.15, 0.2) is 0 Å². The van der Waals surface area contributed by atoms with E-state index in [1.54, 1.807) is 0 Å². The average Bonchev–Trinajstić information content (AvgIpc) is 2.19. The molecule has 0 aromatic heterocycles. The Morgan fingerprint density at radius 2 is 2.00 bits per heavy atom. The summed E-state index contributed by atoms with van der Waals surface area (Å²) in [5.41, 5.74) is 0. The normalized spacial score (nSPS) is 21.5. The van der Waals surface area contributed by atoms with Crippen molar-refractivity contribution in [2.45, 2.75) is 12.8 Å². The van der Waals surface area contributed by atoms with Gasteiger partial charge < -0.3 is 0 Å². The summed E-state index contributed by atoms with van der Waals surface area (Å²) >= 11 is 0. The predicted octanol–water partition coefficient (Wildman–Crippen LogP) is 2.45. The molecule has 1 fully saturated rings. The molecule has 0 amide bonds. The first kappa shape index (κ1) is 6.29. The summed E-state index contributed by atoms with van der Waals surface area (Å²) in [6.07, 6.45) is 9.40. The van der Waals surface area contributed by atoms with Crippen molar-refractivity contribution in [1.82, 2.24) is 0 Å². The lowest BCUT2D eigenvalue weighted by atomic mass is 10.4. The van der Waals surface area contributed by atoms with Crippen LogP contribution < -0.4 is 0 Å². The molecule has 46 valence electrons. The van der Waals surface area contributed by atoms with Crippen LogP contribution in [-0.2, 0) is 0 Å². The maximum absolute atomic E-state index is 3.74. The molecule has 0 aromatic carbocycles. The Labute approximate surface area is 52.7 Å². The number of rotatable bonds is 2. The van der Waals surface area contributed by atoms with Gasteiger partial charge in [-0.3, -0.25) is 0 Å². The second kappa shape index (κ2) is 3.25. The third-order valence-electron chi connectivity index (χ3n) is 1.59. The molecule has 0 saturated carbocycles. The van der Waals surface area contributed by atoms with Gasteiger partial charge in [0.1, 0.15) is 0 Å². The van der Waals surface area contributed by atoms with Crippen LogP contribution in [0.2, 0.25) is 0 Å². The molecule has 1 heteroatoms. The van der Waals surface area contributed by atoms with E-state index < -0.39 is 0 Å². The maximum atomic E-state index is 3.74. The molecule has 0 aliphatic carbocycles. The highest BCUT2D eigenvalue weighted by molar-refractivity contribution is 7.58. The summed E-state index contributed by atoms with van der Waals surface area (Å²) in [4.78, 5) is 0. The molecule has 1 aliphatic rings. The molecule has 0 bridgehead atoms. The van der Waals surface area contributed by atoms with Crippen LogP contribution in [0, 0.1) is 0 Å². The van der Waals surface area contributed by atoms with Crippen LogP contribution in [0.4, 0.5) is 0 Å². The van der Waals surface area contributed by atoms with E-state index >= 15 is 0 Å². The van der Waals surface area contributed by atoms with Crippen LogP contribution in [0.3, 0.4) is 0 Å². The molecule has 1 saturated heterocycles. The quantitative estimate of drug-likeness (QED) is 0.396. The van der Waals surface area contributed by atoms with Gasteiger partial charge >= 0.3 is 0 Å². The summed E-state index contributed by atoms with van der Waals surface area (Å²) in [5, 5.41) is 0. The molecule has 0 N–H and O–H groups in total. The van der Waals surface area contributed by atoms with Crippen molar-refractivity contribution in [3.8, 4) is 0 Å². The zero-order chi connectivity index (χ0) is 5.82. The second-order valence-corrected chi connectivity index (χ2v) is 4.90. The average molecular weight is 128 g/mol. The molecule has 8 heavy (non-hydrogen) atoms. The van der Waals surface area contributed by atoms with Gasteiger partial charge in [0.25, 0.3) is 0 Å². The lowest BCUT2D eigenvalue weighted by Crippen LogP contribution is -1.78. The maximum Gasteiger partial charge on any atom is -0.0147 e. The second-order valence-electron chi connectivity index (χ2n) is 2.30. The number of hydrogen-bond acceptors (Lipinski definition) is 0. The van der Waals surface area contributed by atoms with Crippen LogP contribution in [0.1, 0.15) is 12.8 Å². The molecular weight excluding hydrogens is 115 g/mol. The van der Waals surface area contributed by atoms with E-state index in [2.05, 4.69) is 12.7 Å². The summed E-state index contributed by atoms with van der Waals surface area (Å²) in [6, 6.07) is 0. The smallest absolute Gasteiger partial charge is 0.0147 e. The fraction of sp³-hybridized carbons (Fsp3) is 0.714. The van der Waals surface area contributed by atoms with E-state index in [-0.39, 0.29) is 0 Å². The van der Waals surface area contributed by atoms with Crippen LogP contribution in [0.15, 0.2) is 12.7 Å². The standard InChI is InChI=1S/C7H13P/c1-2-5-8-6-3-4-7-8/h2H,1,3-7H2. The van der Waals surface area contributed by atoms with E-state index in [0.29, 0.717) is 7.92 Å². The minimum Gasteiger partial charge on any atom is -0.103 e. The Kier molecular flexibility index (Phi) is 2.55. The van der Waals surface area contributed by atoms with E-state index in [1.165, 1.54) is 31.3 Å². The van der Waals surface area contributed by atoms with E-state index in [4.69, 9.17) is 0 Å². The van der Waals surface area contributed by atoms with Crippen molar-refractivity contribution in [1.29, 1.82) is 0 Å². The number of allylic oxidation sites excluding steroid dienone is 1. The highest BCUT2D eigenvalue weighted by Gasteiger charge is 2.10. The van der Waals surface area contributed by atoms with Gasteiger partial charge in [-0.1, -0.05) is 6.08 Å². The lowest BCUT2D eigenvalue weighted by molar-refractivity contribution is 0.949. The zero-order valence-corrected chi connectivity index (χ0v) is 6.16. The summed E-state index contributed by atoms with van der Waals surface area (Å²) < 4.78 is 0. The zero-order valence-electron chi connectivity index (χ0n) is 5.27. The topological polar surface area (TPSA) is 0 Å². The van der Waals surface area contributed by atoms with E-state index in [9.17, 15) is 0 Å². The van der Waals surface area contributed by atoms with Crippen molar-refractivity contribution in [2.24, 2.45) is 0 Å². The Balaban J connectivity index is 2.14. The Morgan fingerprint density at radius 3 is 2.50 bits per heavy atom. The van der Waals surface area contributed by atoms with Crippen LogP contribution in [0.25, 0.3) is 0 Å². The highest BCUT2D eigenvalue weighted by atomic mass is 31.1. The summed E-state index contributed by atoms with van der Waals surface area (Å²) in [7, 11) is 0.437. The predicted molar refractivity (Wildman–Crippen MR) is 41.0 cm³/mol. The van der Waals surface area contributed by atoms with Gasteiger partial charge in [-0.05, 0) is 31.3 Å². The molecule has 0 nitrogen and oxygen atoms in total. The van der Waals surface area contributed by atoms with Crippen molar-refractivity contribution >= 4 is 7.92 Å². The van der Waals surface area contributed by atoms with Crippen molar-refractivity contribution < 1.29 is 0 Å². The van der Waals surface area contributed by atoms with Gasteiger partial charge in [0.2, 0.25) is 0 Å². The van der Waals surface area contributed by atoms with Crippen molar-refractivity contribution in [3.63, 3.8) is 0 Å². The van der Waals surface area contributed by atoms with Crippen molar-refractivity contribution in [3.05, 3.63) is 12.7 Å². The first-order valence-electron chi connectivity index (χ1n) is 3.27. The molecule has 0 radical (unpaired) electrons. The largest absolute Gasteiger partial charge is 0.103 e. The first-order chi connectivity index (χ1) is 3.93. The van der Waals surface area contributed by atoms with Crippen LogP contribution >= 0.6 is 7.92 Å². The van der Waals surface area contributed by atoms with Gasteiger partial charge in [0.05, 0.1) is 0 Å². The Morgan fingerprint density at radius 1 is 1.38 bits per heavy atom. The third kappa shape index (κ3) is 1.59. The molecule has 1 aliphatic heterocycles. The molecular formula is C7H13P. The van der Waals surface area contributed by atoms with Crippen LogP contribution in [0.5, 0.6) is 0 Å². The van der Waals surface area contributed by atoms with Crippen LogP contribution in [-0.4, -0.2) is 18.5 Å². The van der Waals surface area contributed by atoms with E-state index in [0.717, 1.165) is 0 Å². The summed E-state index contributed by atoms with van der Waals surface area (Å²) in [5.74, 6) is 0. The number of hydrogen-bond donors (Lipinski definition) is 0. The first-order valence-corrected chi connectivity index (χ1v) is 5.16. The fourth-order valence-electron chi connectivity index (χ4n) is 1.15. The molecule has 0 aromatic rings. The van der Waals surface area contributed by atoms with Gasteiger partial charge in [-0.2, -0.15) is 0 Å². The highest BCUT2D eigenvalue weighted by Crippen LogP contribution is 2.42. The van der Waals surface area contributed by atoms with Gasteiger partial charge in [-0.15, -0.1) is 14.5 Å². The van der Waals surface area contributed by atoms with Gasteiger partial charge in [0, 0.05) is 0 Å². The van der Waals surface area contributed by atoms with Gasteiger partial charge in [-0.25, -0.2) is 0 Å². The third-order valence-corrected chi connectivity index (χ3v) is 4.26. The SMILES string of the molecule is C=CCP1CCCC1. The Hall–Kier alpha value is 0.170. The molecule has 0 unspecified atom stereocenters. The monoisotopic (exact) mass is 128 g/mol. The minimum atomic E-state index is 0.437. The molecule has 0 spiro atoms. The molecule has 1 rings (SSSR count). The van der Waals surface area contributed by atoms with Crippen molar-refractivity contribution in [2.75, 3.05) is 18.5 Å². The molecule has 1 heterocycles. The Bertz CT molecular complexity index is 72.5. The fourth-order valence-corrected chi connectivity index (χ4v) is 3.44. The summed E-state index contributed by atoms with van der Waals surface area (Å²) in [6.45, 7) is 3.74.